The zero-order valence-corrected chi connectivity index (χ0v) is 22.3. The molecule has 222 valence electrons. The summed E-state index contributed by atoms with van der Waals surface area (Å²) in [5, 5.41) is 26.6. The highest BCUT2D eigenvalue weighted by molar-refractivity contribution is 6.09. The topological polar surface area (TPSA) is 177 Å². The second-order valence-electron chi connectivity index (χ2n) is 9.22. The summed E-state index contributed by atoms with van der Waals surface area (Å²) in [4.78, 5) is 50.0. The third-order valence-corrected chi connectivity index (χ3v) is 6.22. The molecule has 2 aromatic carbocycles. The zero-order chi connectivity index (χ0) is 30.7. The lowest BCUT2D eigenvalue weighted by molar-refractivity contribution is -0.192. The smallest absolute Gasteiger partial charge is 0.481 e. The Morgan fingerprint density at radius 2 is 1.71 bits per heavy atom. The van der Waals surface area contributed by atoms with Gasteiger partial charge in [0.1, 0.15) is 6.54 Å². The van der Waals surface area contributed by atoms with Crippen LogP contribution in [-0.2, 0) is 20.8 Å². The van der Waals surface area contributed by atoms with Gasteiger partial charge in [-0.15, -0.1) is 0 Å². The van der Waals surface area contributed by atoms with Crippen molar-refractivity contribution in [1.82, 2.24) is 10.2 Å². The van der Waals surface area contributed by atoms with Crippen LogP contribution in [0.15, 0.2) is 48.5 Å². The van der Waals surface area contributed by atoms with Crippen molar-refractivity contribution in [3.05, 3.63) is 65.2 Å². The number of benzene rings is 2. The molecule has 2 amide bonds. The predicted molar refractivity (Wildman–Crippen MR) is 143 cm³/mol. The average molecular weight is 580 g/mol. The highest BCUT2D eigenvalue weighted by atomic mass is 19.4. The maximum Gasteiger partial charge on any atom is 0.490 e. The lowest BCUT2D eigenvalue weighted by Gasteiger charge is -2.29. The molecule has 1 aliphatic rings. The average Bonchev–Trinajstić information content (AvgIpc) is 2.99. The van der Waals surface area contributed by atoms with Crippen LogP contribution in [0, 0.1) is 5.41 Å². The van der Waals surface area contributed by atoms with Crippen LogP contribution in [0.2, 0.25) is 0 Å². The van der Waals surface area contributed by atoms with Crippen LogP contribution in [0.4, 0.5) is 18.9 Å². The molecule has 1 atom stereocenters. The number of anilines is 1. The summed E-state index contributed by atoms with van der Waals surface area (Å²) >= 11 is 0. The maximum absolute atomic E-state index is 13.7. The summed E-state index contributed by atoms with van der Waals surface area (Å²) < 4.78 is 31.7. The molecule has 0 radical (unpaired) electrons. The molecule has 0 aromatic heterocycles. The number of fused-ring (bicyclic) bond motifs is 1. The minimum absolute atomic E-state index is 0.0378. The Balaban J connectivity index is 0.000000745. The number of carbonyl (C=O) groups is 4. The number of rotatable bonds is 10. The van der Waals surface area contributed by atoms with E-state index in [2.05, 4.69) is 5.32 Å². The Labute approximate surface area is 234 Å². The Kier molecular flexibility index (Phi) is 11.7. The van der Waals surface area contributed by atoms with E-state index in [9.17, 15) is 32.7 Å². The van der Waals surface area contributed by atoms with E-state index in [0.717, 1.165) is 31.2 Å². The molecule has 0 saturated carbocycles. The van der Waals surface area contributed by atoms with Crippen LogP contribution in [0.1, 0.15) is 53.2 Å². The van der Waals surface area contributed by atoms with Gasteiger partial charge in [-0.3, -0.25) is 19.8 Å². The summed E-state index contributed by atoms with van der Waals surface area (Å²) in [6.45, 7) is 0.444. The SMILES string of the molecule is CN1C(=O)CN(C(CC(=O)O)c2ccccc2)C(=O)c2cc(CCCCCNC(=N)N)ccc21.O=C(O)C(F)(F)F. The van der Waals surface area contributed by atoms with Gasteiger partial charge >= 0.3 is 18.1 Å². The molecule has 6 N–H and O–H groups in total. The van der Waals surface area contributed by atoms with Crippen molar-refractivity contribution in [2.24, 2.45) is 5.73 Å². The monoisotopic (exact) mass is 579 g/mol. The zero-order valence-electron chi connectivity index (χ0n) is 22.3. The van der Waals surface area contributed by atoms with E-state index in [1.54, 1.807) is 37.4 Å². The molecule has 3 rings (SSSR count). The molecule has 2 aromatic rings. The fraction of sp³-hybridized carbons (Fsp3) is 0.370. The van der Waals surface area contributed by atoms with Crippen LogP contribution in [-0.4, -0.2) is 71.1 Å². The fourth-order valence-corrected chi connectivity index (χ4v) is 4.17. The van der Waals surface area contributed by atoms with Crippen molar-refractivity contribution in [2.75, 3.05) is 25.0 Å². The van der Waals surface area contributed by atoms with Crippen molar-refractivity contribution in [2.45, 2.75) is 44.3 Å². The molecular formula is C27H32F3N5O6. The molecule has 1 heterocycles. The maximum atomic E-state index is 13.7. The van der Waals surface area contributed by atoms with Crippen molar-refractivity contribution in [3.8, 4) is 0 Å². The van der Waals surface area contributed by atoms with Crippen LogP contribution < -0.4 is 16.0 Å². The van der Waals surface area contributed by atoms with E-state index in [-0.39, 0.29) is 30.7 Å². The summed E-state index contributed by atoms with van der Waals surface area (Å²) in [6, 6.07) is 13.7. The fourth-order valence-electron chi connectivity index (χ4n) is 4.17. The number of carboxylic acids is 2. The standard InChI is InChI=1S/C25H31N5O4.C2HF3O2/c1-29-20-12-11-17(8-4-3-7-13-28-25(26)27)14-19(20)24(34)30(16-22(29)31)21(15-23(32)33)18-9-5-2-6-10-18;3-2(4,5)1(6)7/h2,5-6,9-12,14,21H,3-4,7-8,13,15-16H2,1H3,(H,32,33)(H4,26,27,28);(H,6,7). The third kappa shape index (κ3) is 9.81. The first-order chi connectivity index (χ1) is 19.2. The van der Waals surface area contributed by atoms with Gasteiger partial charge in [0.25, 0.3) is 5.91 Å². The normalized spacial score (nSPS) is 13.9. The Hall–Kier alpha value is -4.62. The minimum Gasteiger partial charge on any atom is -0.481 e. The lowest BCUT2D eigenvalue weighted by atomic mass is 9.99. The molecule has 0 bridgehead atoms. The van der Waals surface area contributed by atoms with E-state index < -0.39 is 24.2 Å². The first-order valence-corrected chi connectivity index (χ1v) is 12.6. The molecule has 0 aliphatic carbocycles. The molecule has 1 unspecified atom stereocenters. The Morgan fingerprint density at radius 3 is 2.27 bits per heavy atom. The largest absolute Gasteiger partial charge is 0.490 e. The number of alkyl halides is 3. The second kappa shape index (κ2) is 14.7. The van der Waals surface area contributed by atoms with Crippen LogP contribution in [0.5, 0.6) is 0 Å². The van der Waals surface area contributed by atoms with Gasteiger partial charge in [0.05, 0.1) is 23.7 Å². The molecule has 11 nitrogen and oxygen atoms in total. The number of nitrogens with one attached hydrogen (secondary N) is 2. The molecule has 0 fully saturated rings. The number of nitrogens with zero attached hydrogens (tertiary/aromatic N) is 2. The van der Waals surface area contributed by atoms with Crippen molar-refractivity contribution in [3.63, 3.8) is 0 Å². The third-order valence-electron chi connectivity index (χ3n) is 6.22. The quantitative estimate of drug-likeness (QED) is 0.162. The van der Waals surface area contributed by atoms with Gasteiger partial charge in [-0.2, -0.15) is 13.2 Å². The van der Waals surface area contributed by atoms with E-state index >= 15 is 0 Å². The van der Waals surface area contributed by atoms with Crippen molar-refractivity contribution < 1.29 is 42.6 Å². The molecular weight excluding hydrogens is 547 g/mol. The number of hydrogen-bond donors (Lipinski definition) is 5. The van der Waals surface area contributed by atoms with E-state index in [0.29, 0.717) is 23.4 Å². The first kappa shape index (κ1) is 32.6. The Morgan fingerprint density at radius 1 is 1.07 bits per heavy atom. The number of hydrogen-bond acceptors (Lipinski definition) is 5. The highest BCUT2D eigenvalue weighted by Crippen LogP contribution is 2.32. The van der Waals surface area contributed by atoms with Crippen LogP contribution in [0.25, 0.3) is 0 Å². The number of halogens is 3. The highest BCUT2D eigenvalue weighted by Gasteiger charge is 2.38. The van der Waals surface area contributed by atoms with Gasteiger partial charge in [-0.1, -0.05) is 42.8 Å². The van der Waals surface area contributed by atoms with Crippen LogP contribution >= 0.6 is 0 Å². The number of aryl methyl sites for hydroxylation is 1. The van der Waals surface area contributed by atoms with Crippen LogP contribution in [0.3, 0.4) is 0 Å². The number of carbonyl (C=O) groups excluding carboxylic acids is 2. The van der Waals surface area contributed by atoms with E-state index in [1.807, 2.05) is 18.2 Å². The van der Waals surface area contributed by atoms with Gasteiger partial charge in [0, 0.05) is 13.6 Å². The van der Waals surface area contributed by atoms with E-state index in [4.69, 9.17) is 21.0 Å². The van der Waals surface area contributed by atoms with Gasteiger partial charge in [0.2, 0.25) is 5.91 Å². The minimum atomic E-state index is -5.08. The van der Waals surface area contributed by atoms with Gasteiger partial charge in [-0.25, -0.2) is 4.79 Å². The summed E-state index contributed by atoms with van der Waals surface area (Å²) in [7, 11) is 1.63. The lowest BCUT2D eigenvalue weighted by Crippen LogP contribution is -2.40. The summed E-state index contributed by atoms with van der Waals surface area (Å²) in [6.07, 6.45) is -1.91. The van der Waals surface area contributed by atoms with Gasteiger partial charge in [0.15, 0.2) is 5.96 Å². The van der Waals surface area contributed by atoms with Crippen molar-refractivity contribution in [1.29, 1.82) is 5.41 Å². The number of aliphatic carboxylic acids is 2. The summed E-state index contributed by atoms with van der Waals surface area (Å²) in [5.74, 6) is -4.46. The van der Waals surface area contributed by atoms with Gasteiger partial charge < -0.3 is 31.1 Å². The number of guanidine groups is 1. The number of likely N-dealkylation sites (N-methyl/N-ethyl adjacent to an activating group) is 1. The number of nitrogens with two attached hydrogens (primary N) is 1. The number of amides is 2. The molecule has 1 aliphatic heterocycles. The van der Waals surface area contributed by atoms with Crippen molar-refractivity contribution >= 4 is 35.4 Å². The van der Waals surface area contributed by atoms with E-state index in [1.165, 1.54) is 9.80 Å². The number of unbranched alkanes of at least 4 members (excludes halogenated alkanes) is 2. The molecule has 14 heteroatoms. The second-order valence-corrected chi connectivity index (χ2v) is 9.22. The molecule has 0 saturated heterocycles. The predicted octanol–water partition coefficient (Wildman–Crippen LogP) is 3.15. The molecule has 0 spiro atoms. The first-order valence-electron chi connectivity index (χ1n) is 12.6. The number of carboxylic acid groups (broad SMARTS) is 2. The summed E-state index contributed by atoms with van der Waals surface area (Å²) in [5.41, 5.74) is 7.85. The van der Waals surface area contributed by atoms with Gasteiger partial charge in [-0.05, 0) is 42.5 Å². The molecule has 41 heavy (non-hydrogen) atoms. The Bertz CT molecular complexity index is 1260.